The normalized spacial score (nSPS) is 25.3. The lowest BCUT2D eigenvalue weighted by molar-refractivity contribution is -0.0871. The maximum atomic E-state index is 13.9. The summed E-state index contributed by atoms with van der Waals surface area (Å²) >= 11 is 3.29. The summed E-state index contributed by atoms with van der Waals surface area (Å²) < 4.78 is 20.7. The van der Waals surface area contributed by atoms with Gasteiger partial charge >= 0.3 is 0 Å². The minimum absolute atomic E-state index is 0.128. The predicted molar refractivity (Wildman–Crippen MR) is 78.9 cm³/mol. The van der Waals surface area contributed by atoms with Crippen LogP contribution in [-0.4, -0.2) is 25.3 Å². The van der Waals surface area contributed by atoms with Gasteiger partial charge in [0.25, 0.3) is 0 Å². The van der Waals surface area contributed by atoms with Crippen LogP contribution in [0, 0.1) is 5.82 Å². The van der Waals surface area contributed by atoms with Crippen LogP contribution in [0.15, 0.2) is 22.7 Å². The molecular formula is C15H21BrFNO. The lowest BCUT2D eigenvalue weighted by Crippen LogP contribution is -2.52. The summed E-state index contributed by atoms with van der Waals surface area (Å²) in [4.78, 5) is 0. The third-order valence-electron chi connectivity index (χ3n) is 4.02. The van der Waals surface area contributed by atoms with Crippen LogP contribution in [0.5, 0.6) is 0 Å². The van der Waals surface area contributed by atoms with Gasteiger partial charge in [-0.15, -0.1) is 0 Å². The molecule has 1 aromatic rings. The number of ether oxygens (including phenoxy) is 1. The van der Waals surface area contributed by atoms with E-state index in [9.17, 15) is 4.39 Å². The Morgan fingerprint density at radius 1 is 1.47 bits per heavy atom. The second kappa shape index (κ2) is 6.33. The van der Waals surface area contributed by atoms with E-state index >= 15 is 0 Å². The fraction of sp³-hybridized carbons (Fsp3) is 0.600. The lowest BCUT2D eigenvalue weighted by atomic mass is 9.84. The van der Waals surface area contributed by atoms with Gasteiger partial charge in [-0.25, -0.2) is 4.39 Å². The van der Waals surface area contributed by atoms with Crippen molar-refractivity contribution in [3.63, 3.8) is 0 Å². The number of likely N-dealkylation sites (N-methyl/N-ethyl adjacent to an activating group) is 1. The molecule has 19 heavy (non-hydrogen) atoms. The van der Waals surface area contributed by atoms with Crippen LogP contribution in [0.25, 0.3) is 0 Å². The second-order valence-electron chi connectivity index (χ2n) is 5.40. The van der Waals surface area contributed by atoms with E-state index in [-0.39, 0.29) is 17.5 Å². The van der Waals surface area contributed by atoms with E-state index in [0.717, 1.165) is 29.5 Å². The Kier molecular flexibility index (Phi) is 4.98. The summed E-state index contributed by atoms with van der Waals surface area (Å²) in [5.74, 6) is -0.158. The van der Waals surface area contributed by atoms with Crippen LogP contribution in [0.3, 0.4) is 0 Å². The molecule has 2 rings (SSSR count). The van der Waals surface area contributed by atoms with Crippen molar-refractivity contribution in [3.05, 3.63) is 34.1 Å². The molecule has 1 saturated heterocycles. The highest BCUT2D eigenvalue weighted by molar-refractivity contribution is 9.10. The van der Waals surface area contributed by atoms with Crippen LogP contribution in [0.4, 0.5) is 4.39 Å². The van der Waals surface area contributed by atoms with Crippen molar-refractivity contribution in [3.8, 4) is 0 Å². The third-order valence-corrected chi connectivity index (χ3v) is 4.52. The molecular weight excluding hydrogens is 309 g/mol. The first-order valence-electron chi connectivity index (χ1n) is 6.80. The molecule has 1 aliphatic rings. The lowest BCUT2D eigenvalue weighted by Gasteiger charge is -2.40. The molecule has 0 amide bonds. The molecule has 2 unspecified atom stereocenters. The van der Waals surface area contributed by atoms with Crippen LogP contribution < -0.4 is 5.32 Å². The van der Waals surface area contributed by atoms with Gasteiger partial charge in [-0.3, -0.25) is 0 Å². The highest BCUT2D eigenvalue weighted by Gasteiger charge is 2.36. The SMILES string of the molecule is CNC(Cc1ccc(Br)cc1F)C1(C)CCCCO1. The Balaban J connectivity index is 2.14. The topological polar surface area (TPSA) is 21.3 Å². The number of nitrogens with one attached hydrogen (secondary N) is 1. The Hall–Kier alpha value is -0.450. The van der Waals surface area contributed by atoms with Crippen LogP contribution >= 0.6 is 15.9 Å². The number of hydrogen-bond donors (Lipinski definition) is 1. The van der Waals surface area contributed by atoms with Gasteiger partial charge in [0.1, 0.15) is 5.82 Å². The Bertz CT molecular complexity index is 432. The molecule has 1 aromatic carbocycles. The van der Waals surface area contributed by atoms with Crippen LogP contribution in [0.1, 0.15) is 31.7 Å². The second-order valence-corrected chi connectivity index (χ2v) is 6.32. The predicted octanol–water partition coefficient (Wildman–Crippen LogP) is 3.68. The van der Waals surface area contributed by atoms with E-state index in [1.807, 2.05) is 19.2 Å². The fourth-order valence-corrected chi connectivity index (χ4v) is 3.09. The van der Waals surface area contributed by atoms with Gasteiger partial charge in [0, 0.05) is 17.1 Å². The molecule has 2 nitrogen and oxygen atoms in total. The number of hydrogen-bond acceptors (Lipinski definition) is 2. The minimum Gasteiger partial charge on any atom is -0.374 e. The average molecular weight is 330 g/mol. The van der Waals surface area contributed by atoms with Crippen LogP contribution in [0.2, 0.25) is 0 Å². The van der Waals surface area contributed by atoms with Crippen molar-refractivity contribution in [2.24, 2.45) is 0 Å². The minimum atomic E-state index is -0.202. The summed E-state index contributed by atoms with van der Waals surface area (Å²) in [7, 11) is 1.92. The molecule has 0 aromatic heterocycles. The molecule has 1 N–H and O–H groups in total. The molecule has 0 aliphatic carbocycles. The number of benzene rings is 1. The summed E-state index contributed by atoms with van der Waals surface area (Å²) in [6, 6.07) is 5.38. The first kappa shape index (κ1) is 14.9. The molecule has 1 aliphatic heterocycles. The quantitative estimate of drug-likeness (QED) is 0.909. The fourth-order valence-electron chi connectivity index (χ4n) is 2.76. The molecule has 106 valence electrons. The highest BCUT2D eigenvalue weighted by atomic mass is 79.9. The highest BCUT2D eigenvalue weighted by Crippen LogP contribution is 2.30. The largest absolute Gasteiger partial charge is 0.374 e. The number of rotatable bonds is 4. The molecule has 1 heterocycles. The van der Waals surface area contributed by atoms with E-state index in [2.05, 4.69) is 28.2 Å². The van der Waals surface area contributed by atoms with Crippen LogP contribution in [-0.2, 0) is 11.2 Å². The zero-order chi connectivity index (χ0) is 13.9. The molecule has 4 heteroatoms. The maximum absolute atomic E-state index is 13.9. The first-order valence-corrected chi connectivity index (χ1v) is 7.59. The standard InChI is InChI=1S/C15H21BrFNO/c1-15(7-3-4-8-19-15)14(18-2)9-11-5-6-12(16)10-13(11)17/h5-6,10,14,18H,3-4,7-9H2,1-2H3. The van der Waals surface area contributed by atoms with Gasteiger partial charge in [-0.05, 0) is 57.4 Å². The molecule has 0 saturated carbocycles. The van der Waals surface area contributed by atoms with Crippen molar-refractivity contribution in [2.45, 2.75) is 44.2 Å². The first-order chi connectivity index (χ1) is 9.05. The van der Waals surface area contributed by atoms with E-state index < -0.39 is 0 Å². The van der Waals surface area contributed by atoms with E-state index in [0.29, 0.717) is 6.42 Å². The maximum Gasteiger partial charge on any atom is 0.127 e. The van der Waals surface area contributed by atoms with Gasteiger partial charge in [0.15, 0.2) is 0 Å². The molecule has 2 atom stereocenters. The van der Waals surface area contributed by atoms with Gasteiger partial charge < -0.3 is 10.1 Å². The summed E-state index contributed by atoms with van der Waals surface area (Å²) in [6.45, 7) is 2.93. The smallest absolute Gasteiger partial charge is 0.127 e. The third kappa shape index (κ3) is 3.56. The summed E-state index contributed by atoms with van der Waals surface area (Å²) in [5.41, 5.74) is 0.532. The average Bonchev–Trinajstić information content (AvgIpc) is 2.38. The van der Waals surface area contributed by atoms with Gasteiger partial charge in [-0.2, -0.15) is 0 Å². The van der Waals surface area contributed by atoms with Crippen molar-refractivity contribution in [2.75, 3.05) is 13.7 Å². The van der Waals surface area contributed by atoms with Crippen molar-refractivity contribution >= 4 is 15.9 Å². The molecule has 0 radical (unpaired) electrons. The van der Waals surface area contributed by atoms with Crippen molar-refractivity contribution < 1.29 is 9.13 Å². The monoisotopic (exact) mass is 329 g/mol. The van der Waals surface area contributed by atoms with Crippen molar-refractivity contribution in [1.29, 1.82) is 0 Å². The Morgan fingerprint density at radius 3 is 2.84 bits per heavy atom. The molecule has 0 spiro atoms. The number of halogens is 2. The van der Waals surface area contributed by atoms with Gasteiger partial charge in [-0.1, -0.05) is 22.0 Å². The van der Waals surface area contributed by atoms with E-state index in [4.69, 9.17) is 4.74 Å². The Morgan fingerprint density at radius 2 is 2.26 bits per heavy atom. The molecule has 0 bridgehead atoms. The summed E-state index contributed by atoms with van der Waals surface area (Å²) in [6.07, 6.45) is 3.97. The zero-order valence-corrected chi connectivity index (χ0v) is 13.1. The van der Waals surface area contributed by atoms with Gasteiger partial charge in [0.2, 0.25) is 0 Å². The van der Waals surface area contributed by atoms with Crippen molar-refractivity contribution in [1.82, 2.24) is 5.32 Å². The summed E-state index contributed by atoms with van der Waals surface area (Å²) in [5, 5.41) is 3.30. The Labute approximate surface area is 122 Å². The zero-order valence-electron chi connectivity index (χ0n) is 11.5. The molecule has 1 fully saturated rings. The van der Waals surface area contributed by atoms with E-state index in [1.54, 1.807) is 0 Å². The van der Waals surface area contributed by atoms with E-state index in [1.165, 1.54) is 12.5 Å². The van der Waals surface area contributed by atoms with Gasteiger partial charge in [0.05, 0.1) is 5.60 Å².